The smallest absolute Gasteiger partial charge is 0.0406 e. The molecule has 0 aliphatic heterocycles. The quantitative estimate of drug-likeness (QED) is 0.735. The molecule has 0 N–H and O–H groups in total. The normalized spacial score (nSPS) is 27.5. The van der Waals surface area contributed by atoms with Crippen LogP contribution in [-0.2, 0) is 6.42 Å². The van der Waals surface area contributed by atoms with E-state index in [-0.39, 0.29) is 0 Å². The third kappa shape index (κ3) is 2.81. The first-order valence-corrected chi connectivity index (χ1v) is 6.30. The topological polar surface area (TPSA) is 12.9 Å². The van der Waals surface area contributed by atoms with Gasteiger partial charge in [-0.25, -0.2) is 0 Å². The van der Waals surface area contributed by atoms with E-state index in [2.05, 4.69) is 33.0 Å². The third-order valence-corrected chi connectivity index (χ3v) is 3.77. The predicted octanol–water partition coefficient (Wildman–Crippen LogP) is 3.58. The first-order valence-electron chi connectivity index (χ1n) is 5.38. The van der Waals surface area contributed by atoms with E-state index in [1.807, 2.05) is 12.3 Å². The third-order valence-electron chi connectivity index (χ3n) is 2.94. The fraction of sp³-hybridized carbons (Fsp3) is 0.583. The Morgan fingerprint density at radius 3 is 3.00 bits per heavy atom. The van der Waals surface area contributed by atoms with Crippen molar-refractivity contribution in [2.24, 2.45) is 5.92 Å². The molecule has 2 rings (SSSR count). The van der Waals surface area contributed by atoms with E-state index >= 15 is 0 Å². The van der Waals surface area contributed by atoms with Crippen LogP contribution in [0.1, 0.15) is 31.4 Å². The van der Waals surface area contributed by atoms with Gasteiger partial charge in [-0.2, -0.15) is 0 Å². The van der Waals surface area contributed by atoms with Crippen LogP contribution in [0.25, 0.3) is 0 Å². The Morgan fingerprint density at radius 2 is 2.29 bits per heavy atom. The van der Waals surface area contributed by atoms with Crippen LogP contribution in [0.3, 0.4) is 0 Å². The van der Waals surface area contributed by atoms with Gasteiger partial charge in [0.25, 0.3) is 0 Å². The summed E-state index contributed by atoms with van der Waals surface area (Å²) in [5.74, 6) is 0.836. The molecule has 1 nitrogen and oxygen atoms in total. The average Bonchev–Trinajstić information content (AvgIpc) is 2.19. The molecule has 1 saturated carbocycles. The van der Waals surface area contributed by atoms with E-state index in [1.165, 1.54) is 31.4 Å². The molecule has 2 atom stereocenters. The molecule has 0 amide bonds. The van der Waals surface area contributed by atoms with Gasteiger partial charge in [-0.3, -0.25) is 4.98 Å². The lowest BCUT2D eigenvalue weighted by Gasteiger charge is -2.25. The minimum Gasteiger partial charge on any atom is -0.261 e. The molecule has 1 fully saturated rings. The molecule has 1 heterocycles. The van der Waals surface area contributed by atoms with Crippen LogP contribution in [-0.4, -0.2) is 9.81 Å². The Bertz CT molecular complexity index is 273. The van der Waals surface area contributed by atoms with Gasteiger partial charge >= 0.3 is 0 Å². The van der Waals surface area contributed by atoms with E-state index in [0.717, 1.165) is 17.2 Å². The van der Waals surface area contributed by atoms with Crippen molar-refractivity contribution >= 4 is 15.9 Å². The molecule has 76 valence electrons. The molecule has 1 aromatic rings. The summed E-state index contributed by atoms with van der Waals surface area (Å²) in [4.78, 5) is 5.12. The van der Waals surface area contributed by atoms with Crippen LogP contribution >= 0.6 is 15.9 Å². The first-order chi connectivity index (χ1) is 6.84. The molecule has 2 heteroatoms. The zero-order valence-electron chi connectivity index (χ0n) is 8.32. The lowest BCUT2D eigenvalue weighted by atomic mass is 9.86. The highest BCUT2D eigenvalue weighted by molar-refractivity contribution is 9.09. The molecule has 0 bridgehead atoms. The molecule has 0 aromatic carbocycles. The molecular formula is C12H16BrN. The lowest BCUT2D eigenvalue weighted by molar-refractivity contribution is 0.365. The number of hydrogen-bond donors (Lipinski definition) is 0. The minimum absolute atomic E-state index is 0.741. The van der Waals surface area contributed by atoms with Crippen molar-refractivity contribution in [1.82, 2.24) is 4.98 Å². The first kappa shape index (κ1) is 10.2. The number of halogens is 1. The van der Waals surface area contributed by atoms with Crippen molar-refractivity contribution < 1.29 is 0 Å². The van der Waals surface area contributed by atoms with Crippen LogP contribution in [0.5, 0.6) is 0 Å². The molecule has 0 saturated heterocycles. The Balaban J connectivity index is 1.91. The van der Waals surface area contributed by atoms with Crippen LogP contribution in [0.2, 0.25) is 0 Å². The molecule has 1 aromatic heterocycles. The average molecular weight is 254 g/mol. The Morgan fingerprint density at radius 1 is 1.36 bits per heavy atom. The van der Waals surface area contributed by atoms with Crippen LogP contribution in [0.15, 0.2) is 24.4 Å². The standard InChI is InChI=1S/C12H16BrN/c13-11-5-3-4-10(8-11)9-12-6-1-2-7-14-12/h1-2,6-7,10-11H,3-5,8-9H2. The van der Waals surface area contributed by atoms with Gasteiger partial charge in [-0.1, -0.05) is 28.4 Å². The van der Waals surface area contributed by atoms with E-state index in [9.17, 15) is 0 Å². The molecule has 0 radical (unpaired) electrons. The number of rotatable bonds is 2. The summed E-state index contributed by atoms with van der Waals surface area (Å²) in [6.45, 7) is 0. The molecule has 2 unspecified atom stereocenters. The van der Waals surface area contributed by atoms with E-state index in [0.29, 0.717) is 0 Å². The van der Waals surface area contributed by atoms with Crippen LogP contribution in [0, 0.1) is 5.92 Å². The maximum atomic E-state index is 4.38. The van der Waals surface area contributed by atoms with Gasteiger partial charge in [0.1, 0.15) is 0 Å². The van der Waals surface area contributed by atoms with Crippen molar-refractivity contribution in [3.8, 4) is 0 Å². The van der Waals surface area contributed by atoms with E-state index in [1.54, 1.807) is 0 Å². The van der Waals surface area contributed by atoms with Crippen LogP contribution in [0.4, 0.5) is 0 Å². The minimum atomic E-state index is 0.741. The fourth-order valence-electron chi connectivity index (χ4n) is 2.23. The predicted molar refractivity (Wildman–Crippen MR) is 62.6 cm³/mol. The van der Waals surface area contributed by atoms with Crippen LogP contribution < -0.4 is 0 Å². The number of aromatic nitrogens is 1. The Hall–Kier alpha value is -0.370. The molecule has 1 aliphatic carbocycles. The zero-order chi connectivity index (χ0) is 9.80. The lowest BCUT2D eigenvalue weighted by Crippen LogP contribution is -2.17. The van der Waals surface area contributed by atoms with Gasteiger partial charge in [-0.15, -0.1) is 0 Å². The molecular weight excluding hydrogens is 238 g/mol. The highest BCUT2D eigenvalue weighted by Gasteiger charge is 2.20. The summed E-state index contributed by atoms with van der Waals surface area (Å²) in [7, 11) is 0. The second-order valence-electron chi connectivity index (χ2n) is 4.16. The summed E-state index contributed by atoms with van der Waals surface area (Å²) in [6, 6.07) is 6.20. The van der Waals surface area contributed by atoms with Gasteiger partial charge in [0.15, 0.2) is 0 Å². The van der Waals surface area contributed by atoms with Gasteiger partial charge in [0.05, 0.1) is 0 Å². The summed E-state index contributed by atoms with van der Waals surface area (Å²) in [5.41, 5.74) is 1.25. The monoisotopic (exact) mass is 253 g/mol. The van der Waals surface area contributed by atoms with E-state index in [4.69, 9.17) is 0 Å². The van der Waals surface area contributed by atoms with Crippen molar-refractivity contribution in [2.75, 3.05) is 0 Å². The fourth-order valence-corrected chi connectivity index (χ4v) is 3.08. The largest absolute Gasteiger partial charge is 0.261 e. The van der Waals surface area contributed by atoms with Crippen molar-refractivity contribution in [3.05, 3.63) is 30.1 Å². The molecule has 14 heavy (non-hydrogen) atoms. The Kier molecular flexibility index (Phi) is 3.57. The Labute approximate surface area is 94.1 Å². The maximum absolute atomic E-state index is 4.38. The highest BCUT2D eigenvalue weighted by Crippen LogP contribution is 2.30. The van der Waals surface area contributed by atoms with Crippen molar-refractivity contribution in [1.29, 1.82) is 0 Å². The van der Waals surface area contributed by atoms with Crippen molar-refractivity contribution in [3.63, 3.8) is 0 Å². The zero-order valence-corrected chi connectivity index (χ0v) is 9.91. The van der Waals surface area contributed by atoms with Gasteiger partial charge in [0.2, 0.25) is 0 Å². The molecule has 1 aliphatic rings. The van der Waals surface area contributed by atoms with Gasteiger partial charge in [0, 0.05) is 16.7 Å². The molecule has 0 spiro atoms. The SMILES string of the molecule is BrC1CCCC(Cc2ccccn2)C1. The number of alkyl halides is 1. The summed E-state index contributed by atoms with van der Waals surface area (Å²) < 4.78 is 0. The number of pyridine rings is 1. The van der Waals surface area contributed by atoms with Gasteiger partial charge in [-0.05, 0) is 43.7 Å². The summed E-state index contributed by atoms with van der Waals surface area (Å²) >= 11 is 3.72. The summed E-state index contributed by atoms with van der Waals surface area (Å²) in [6.07, 6.45) is 8.45. The van der Waals surface area contributed by atoms with Gasteiger partial charge < -0.3 is 0 Å². The maximum Gasteiger partial charge on any atom is 0.0406 e. The van der Waals surface area contributed by atoms with E-state index < -0.39 is 0 Å². The number of hydrogen-bond acceptors (Lipinski definition) is 1. The highest BCUT2D eigenvalue weighted by atomic mass is 79.9. The summed E-state index contributed by atoms with van der Waals surface area (Å²) in [5, 5.41) is 0. The van der Waals surface area contributed by atoms with Crippen molar-refractivity contribution in [2.45, 2.75) is 36.9 Å². The second-order valence-corrected chi connectivity index (χ2v) is 5.45. The number of nitrogens with zero attached hydrogens (tertiary/aromatic N) is 1. The second kappa shape index (κ2) is 4.92.